The molecule has 0 radical (unpaired) electrons. The zero-order valence-corrected chi connectivity index (χ0v) is 5.27. The molecule has 0 aromatic heterocycles. The van der Waals surface area contributed by atoms with Crippen molar-refractivity contribution in [2.24, 2.45) is 11.5 Å². The van der Waals surface area contributed by atoms with E-state index in [-0.39, 0.29) is 11.4 Å². The molecule has 0 amide bonds. The lowest BCUT2D eigenvalue weighted by atomic mass is 10.1. The van der Waals surface area contributed by atoms with Crippen LogP contribution >= 0.6 is 0 Å². The Morgan fingerprint density at radius 2 is 2.00 bits per heavy atom. The molecule has 0 aliphatic heterocycles. The van der Waals surface area contributed by atoms with Crippen LogP contribution in [0.5, 0.6) is 0 Å². The van der Waals surface area contributed by atoms with Crippen LogP contribution in [-0.2, 0) is 0 Å². The number of rotatable bonds is 0. The smallest absolute Gasteiger partial charge is 0.272 e. The third-order valence-electron chi connectivity index (χ3n) is 1.30. The Kier molecular flexibility index (Phi) is 1.39. The molecule has 0 atom stereocenters. The van der Waals surface area contributed by atoms with Crippen LogP contribution in [0.3, 0.4) is 0 Å². The second-order valence-electron chi connectivity index (χ2n) is 2.25. The molecule has 10 heavy (non-hydrogen) atoms. The Morgan fingerprint density at radius 1 is 1.40 bits per heavy atom. The fraction of sp³-hybridized carbons (Fsp3) is 0.333. The van der Waals surface area contributed by atoms with Crippen LogP contribution in [0.25, 0.3) is 0 Å². The van der Waals surface area contributed by atoms with E-state index >= 15 is 0 Å². The summed E-state index contributed by atoms with van der Waals surface area (Å²) in [4.78, 5) is 0. The summed E-state index contributed by atoms with van der Waals surface area (Å²) in [5.74, 6) is -2.81. The Morgan fingerprint density at radius 3 is 2.40 bits per heavy atom. The lowest BCUT2D eigenvalue weighted by Gasteiger charge is -2.16. The van der Waals surface area contributed by atoms with Gasteiger partial charge in [0.05, 0.1) is 12.1 Å². The Balaban J connectivity index is 2.85. The molecular weight excluding hydrogens is 138 g/mol. The average molecular weight is 146 g/mol. The first kappa shape index (κ1) is 7.05. The maximum absolute atomic E-state index is 12.4. The molecule has 0 unspecified atom stereocenters. The van der Waals surface area contributed by atoms with Gasteiger partial charge in [-0.25, -0.2) is 8.78 Å². The van der Waals surface area contributed by atoms with Crippen LogP contribution in [0.15, 0.2) is 23.5 Å². The molecule has 0 aromatic rings. The highest BCUT2D eigenvalue weighted by Gasteiger charge is 2.29. The third kappa shape index (κ3) is 1.26. The molecule has 0 fully saturated rings. The molecular formula is C6H8F2N2. The largest absolute Gasteiger partial charge is 0.400 e. The van der Waals surface area contributed by atoms with Crippen molar-refractivity contribution in [2.75, 3.05) is 0 Å². The van der Waals surface area contributed by atoms with Crippen LogP contribution in [0.2, 0.25) is 0 Å². The molecule has 0 heterocycles. The lowest BCUT2D eigenvalue weighted by molar-refractivity contribution is 0.0534. The van der Waals surface area contributed by atoms with E-state index in [2.05, 4.69) is 0 Å². The zero-order chi connectivity index (χ0) is 7.78. The first-order chi connectivity index (χ1) is 4.51. The number of halogens is 2. The first-order valence-electron chi connectivity index (χ1n) is 2.82. The molecule has 1 aliphatic carbocycles. The van der Waals surface area contributed by atoms with Gasteiger partial charge in [-0.2, -0.15) is 0 Å². The van der Waals surface area contributed by atoms with Crippen molar-refractivity contribution in [3.05, 3.63) is 23.5 Å². The topological polar surface area (TPSA) is 52.0 Å². The lowest BCUT2D eigenvalue weighted by Crippen LogP contribution is -2.23. The summed E-state index contributed by atoms with van der Waals surface area (Å²) in [7, 11) is 0. The van der Waals surface area contributed by atoms with E-state index in [4.69, 9.17) is 11.5 Å². The summed E-state index contributed by atoms with van der Waals surface area (Å²) in [6.07, 6.45) is 1.44. The standard InChI is InChI=1S/C6H8F2N2/c7-6(8)2-1-4(9)5(10)3-6/h1-2H,3,9-10H2. The van der Waals surface area contributed by atoms with Gasteiger partial charge in [-0.15, -0.1) is 0 Å². The number of nitrogens with two attached hydrogens (primary N) is 2. The van der Waals surface area contributed by atoms with Gasteiger partial charge in [-0.05, 0) is 12.2 Å². The molecule has 56 valence electrons. The van der Waals surface area contributed by atoms with Crippen LogP contribution in [0.4, 0.5) is 8.78 Å². The molecule has 0 bridgehead atoms. The third-order valence-corrected chi connectivity index (χ3v) is 1.30. The summed E-state index contributed by atoms with van der Waals surface area (Å²) >= 11 is 0. The monoisotopic (exact) mass is 146 g/mol. The zero-order valence-electron chi connectivity index (χ0n) is 5.27. The second-order valence-corrected chi connectivity index (χ2v) is 2.25. The Hall–Kier alpha value is -1.06. The van der Waals surface area contributed by atoms with E-state index in [0.29, 0.717) is 0 Å². The fourth-order valence-electron chi connectivity index (χ4n) is 0.734. The quantitative estimate of drug-likeness (QED) is 0.528. The van der Waals surface area contributed by atoms with E-state index in [1.54, 1.807) is 0 Å². The molecule has 1 rings (SSSR count). The van der Waals surface area contributed by atoms with Gasteiger partial charge in [0.1, 0.15) is 0 Å². The molecule has 0 spiro atoms. The molecule has 4 N–H and O–H groups in total. The number of hydrogen-bond acceptors (Lipinski definition) is 2. The summed E-state index contributed by atoms with van der Waals surface area (Å²) in [6.45, 7) is 0. The van der Waals surface area contributed by atoms with Gasteiger partial charge in [0.15, 0.2) is 0 Å². The Labute approximate surface area is 57.2 Å². The minimum absolute atomic E-state index is 0.0625. The Bertz CT molecular complexity index is 206. The van der Waals surface area contributed by atoms with E-state index in [1.165, 1.54) is 0 Å². The predicted octanol–water partition coefficient (Wildman–Crippen LogP) is 0.711. The van der Waals surface area contributed by atoms with Gasteiger partial charge < -0.3 is 11.5 Å². The SMILES string of the molecule is NC1=C(N)CC(F)(F)C=C1. The van der Waals surface area contributed by atoms with Crippen molar-refractivity contribution in [3.63, 3.8) is 0 Å². The maximum atomic E-state index is 12.4. The number of allylic oxidation sites excluding steroid dienone is 3. The van der Waals surface area contributed by atoms with Gasteiger partial charge in [0, 0.05) is 5.70 Å². The molecule has 1 aliphatic rings. The van der Waals surface area contributed by atoms with Crippen molar-refractivity contribution in [1.82, 2.24) is 0 Å². The van der Waals surface area contributed by atoms with Crippen LogP contribution < -0.4 is 11.5 Å². The maximum Gasteiger partial charge on any atom is 0.272 e. The van der Waals surface area contributed by atoms with E-state index < -0.39 is 12.3 Å². The highest BCUT2D eigenvalue weighted by atomic mass is 19.3. The number of alkyl halides is 2. The van der Waals surface area contributed by atoms with Gasteiger partial charge in [-0.3, -0.25) is 0 Å². The van der Waals surface area contributed by atoms with E-state index in [0.717, 1.165) is 12.2 Å². The molecule has 0 saturated carbocycles. The van der Waals surface area contributed by atoms with E-state index in [9.17, 15) is 8.78 Å². The summed E-state index contributed by atoms with van der Waals surface area (Å²) < 4.78 is 24.7. The second kappa shape index (κ2) is 1.97. The van der Waals surface area contributed by atoms with Crippen molar-refractivity contribution in [1.29, 1.82) is 0 Å². The fourth-order valence-corrected chi connectivity index (χ4v) is 0.734. The minimum Gasteiger partial charge on any atom is -0.400 e. The van der Waals surface area contributed by atoms with Gasteiger partial charge in [-0.1, -0.05) is 0 Å². The number of hydrogen-bond donors (Lipinski definition) is 2. The summed E-state index contributed by atoms with van der Waals surface area (Å²) in [5.41, 5.74) is 10.7. The highest BCUT2D eigenvalue weighted by Crippen LogP contribution is 2.27. The van der Waals surface area contributed by atoms with Crippen molar-refractivity contribution >= 4 is 0 Å². The normalized spacial score (nSPS) is 23.4. The average Bonchev–Trinajstić information content (AvgIpc) is 1.79. The molecule has 0 aromatic carbocycles. The molecule has 4 heteroatoms. The van der Waals surface area contributed by atoms with Crippen molar-refractivity contribution < 1.29 is 8.78 Å². The van der Waals surface area contributed by atoms with Gasteiger partial charge in [0.25, 0.3) is 5.92 Å². The van der Waals surface area contributed by atoms with Gasteiger partial charge >= 0.3 is 0 Å². The summed E-state index contributed by atoms with van der Waals surface area (Å²) in [5, 5.41) is 0. The van der Waals surface area contributed by atoms with Crippen molar-refractivity contribution in [2.45, 2.75) is 12.3 Å². The van der Waals surface area contributed by atoms with Crippen LogP contribution in [0, 0.1) is 0 Å². The molecule has 0 saturated heterocycles. The van der Waals surface area contributed by atoms with Gasteiger partial charge in [0.2, 0.25) is 0 Å². The first-order valence-corrected chi connectivity index (χ1v) is 2.82. The summed E-state index contributed by atoms with van der Waals surface area (Å²) in [6, 6.07) is 0. The minimum atomic E-state index is -2.81. The van der Waals surface area contributed by atoms with E-state index in [1.807, 2.05) is 0 Å². The van der Waals surface area contributed by atoms with Crippen molar-refractivity contribution in [3.8, 4) is 0 Å². The van der Waals surface area contributed by atoms with Crippen LogP contribution in [-0.4, -0.2) is 5.92 Å². The highest BCUT2D eigenvalue weighted by molar-refractivity contribution is 5.28. The predicted molar refractivity (Wildman–Crippen MR) is 34.1 cm³/mol. The van der Waals surface area contributed by atoms with Crippen LogP contribution in [0.1, 0.15) is 6.42 Å². The molecule has 2 nitrogen and oxygen atoms in total.